The highest BCUT2D eigenvalue weighted by Gasteiger charge is 2.60. The molecule has 1 fully saturated rings. The summed E-state index contributed by atoms with van der Waals surface area (Å²) in [4.78, 5) is 10.6. The molecule has 17 heavy (non-hydrogen) atoms. The first kappa shape index (κ1) is 10.9. The lowest BCUT2D eigenvalue weighted by molar-refractivity contribution is -0.178. The maximum atomic E-state index is 13.0. The Morgan fingerprint density at radius 2 is 2.24 bits per heavy atom. The third kappa shape index (κ3) is 1.60. The van der Waals surface area contributed by atoms with Crippen LogP contribution in [0.15, 0.2) is 11.3 Å². The Bertz CT molecular complexity index is 418. The number of halogens is 3. The van der Waals surface area contributed by atoms with E-state index < -0.39 is 24.7 Å². The van der Waals surface area contributed by atoms with E-state index in [1.54, 1.807) is 0 Å². The molecule has 0 bridgehead atoms. The van der Waals surface area contributed by atoms with Crippen molar-refractivity contribution in [2.75, 3.05) is 6.54 Å². The molecule has 2 N–H and O–H groups in total. The minimum absolute atomic E-state index is 0.0166. The van der Waals surface area contributed by atoms with Crippen molar-refractivity contribution in [1.29, 1.82) is 0 Å². The molecule has 94 valence electrons. The minimum Gasteiger partial charge on any atom is -0.480 e. The first-order chi connectivity index (χ1) is 7.88. The highest BCUT2D eigenvalue weighted by Crippen LogP contribution is 2.59. The van der Waals surface area contributed by atoms with Crippen molar-refractivity contribution in [3.63, 3.8) is 0 Å². The molecule has 1 aliphatic heterocycles. The van der Waals surface area contributed by atoms with Crippen LogP contribution in [0.3, 0.4) is 0 Å². The second-order valence-corrected chi connectivity index (χ2v) is 4.82. The van der Waals surface area contributed by atoms with Crippen LogP contribution in [0, 0.1) is 11.8 Å². The van der Waals surface area contributed by atoms with Gasteiger partial charge in [0.05, 0.1) is 0 Å². The predicted octanol–water partition coefficient (Wildman–Crippen LogP) is 1.12. The summed E-state index contributed by atoms with van der Waals surface area (Å²) in [6, 6.07) is -1.76. The third-order valence-electron chi connectivity index (χ3n) is 3.64. The molecule has 0 aromatic rings. The van der Waals surface area contributed by atoms with Gasteiger partial charge in [-0.1, -0.05) is 0 Å². The molecule has 0 aromatic heterocycles. The number of carbonyl (C=O) groups is 1. The van der Waals surface area contributed by atoms with Gasteiger partial charge < -0.3 is 10.5 Å². The number of allylic oxidation sites excluding steroid dienone is 1. The van der Waals surface area contributed by atoms with Gasteiger partial charge in [0, 0.05) is 5.70 Å². The van der Waals surface area contributed by atoms with Crippen LogP contribution in [0.1, 0.15) is 12.8 Å². The van der Waals surface area contributed by atoms with E-state index in [9.17, 15) is 18.0 Å². The Morgan fingerprint density at radius 1 is 1.53 bits per heavy atom. The molecule has 0 spiro atoms. The summed E-state index contributed by atoms with van der Waals surface area (Å²) in [5, 5.41) is 9.42. The summed E-state index contributed by atoms with van der Waals surface area (Å²) in [6.07, 6.45) is -2.98. The molecule has 3 aliphatic rings. The molecule has 3 rings (SSSR count). The van der Waals surface area contributed by atoms with Crippen LogP contribution in [0.4, 0.5) is 13.2 Å². The number of fused-ring (bicyclic) bond motifs is 2. The van der Waals surface area contributed by atoms with Crippen LogP contribution in [-0.2, 0) is 4.79 Å². The monoisotopic (exact) mass is 248 g/mol. The van der Waals surface area contributed by atoms with E-state index >= 15 is 0 Å². The second-order valence-electron chi connectivity index (χ2n) is 4.82. The highest BCUT2D eigenvalue weighted by molar-refractivity contribution is 5.69. The summed E-state index contributed by atoms with van der Waals surface area (Å²) >= 11 is 0. The number of hydrogen-bond acceptors (Lipinski definition) is 3. The summed E-state index contributed by atoms with van der Waals surface area (Å²) in [5.74, 6) is -0.896. The van der Waals surface area contributed by atoms with Crippen LogP contribution in [-0.4, -0.2) is 34.8 Å². The Balaban J connectivity index is 1.88. The predicted molar refractivity (Wildman–Crippen MR) is 50.6 cm³/mol. The standard InChI is InChI=1S/C10H11F3N2O2/c11-10(12,13)9-8-5-1-4(5)2-6(8)14-15(9)3-7(16)17/h4-5,9,14H,1-3H2,(H,16,17). The van der Waals surface area contributed by atoms with Crippen molar-refractivity contribution >= 4 is 5.97 Å². The van der Waals surface area contributed by atoms with Gasteiger partial charge in [-0.3, -0.25) is 4.79 Å². The summed E-state index contributed by atoms with van der Waals surface area (Å²) < 4.78 is 38.9. The highest BCUT2D eigenvalue weighted by atomic mass is 19.4. The van der Waals surface area contributed by atoms with E-state index in [1.807, 2.05) is 0 Å². The first-order valence-corrected chi connectivity index (χ1v) is 5.42. The lowest BCUT2D eigenvalue weighted by Gasteiger charge is -2.27. The van der Waals surface area contributed by atoms with Gasteiger partial charge in [0.2, 0.25) is 0 Å². The van der Waals surface area contributed by atoms with Crippen LogP contribution in [0.5, 0.6) is 0 Å². The normalized spacial score (nSPS) is 35.6. The molecule has 7 heteroatoms. The minimum atomic E-state index is -4.42. The molecule has 3 atom stereocenters. The molecule has 4 nitrogen and oxygen atoms in total. The molecular formula is C10H11F3N2O2. The van der Waals surface area contributed by atoms with Crippen LogP contribution >= 0.6 is 0 Å². The average molecular weight is 248 g/mol. The van der Waals surface area contributed by atoms with Gasteiger partial charge >= 0.3 is 12.1 Å². The Morgan fingerprint density at radius 3 is 2.82 bits per heavy atom. The quantitative estimate of drug-likeness (QED) is 0.768. The molecule has 0 amide bonds. The number of hydrogen-bond donors (Lipinski definition) is 2. The number of rotatable bonds is 2. The SMILES string of the molecule is O=C(O)CN1NC2=C(C3CC3C2)C1C(F)(F)F. The Hall–Kier alpha value is -1.24. The van der Waals surface area contributed by atoms with Crippen molar-refractivity contribution in [2.24, 2.45) is 11.8 Å². The van der Waals surface area contributed by atoms with Crippen molar-refractivity contribution < 1.29 is 23.1 Å². The topological polar surface area (TPSA) is 52.6 Å². The van der Waals surface area contributed by atoms with Crippen molar-refractivity contribution in [2.45, 2.75) is 25.1 Å². The molecule has 1 heterocycles. The van der Waals surface area contributed by atoms with Gasteiger partial charge in [-0.05, 0) is 30.3 Å². The van der Waals surface area contributed by atoms with E-state index in [4.69, 9.17) is 5.11 Å². The van der Waals surface area contributed by atoms with Gasteiger partial charge in [0.15, 0.2) is 0 Å². The molecule has 2 aliphatic carbocycles. The summed E-state index contributed by atoms with van der Waals surface area (Å²) in [7, 11) is 0. The fourth-order valence-electron chi connectivity index (χ4n) is 2.97. The zero-order chi connectivity index (χ0) is 12.4. The van der Waals surface area contributed by atoms with Crippen molar-refractivity contribution in [1.82, 2.24) is 10.4 Å². The van der Waals surface area contributed by atoms with E-state index in [-0.39, 0.29) is 5.92 Å². The molecule has 3 unspecified atom stereocenters. The molecule has 0 saturated heterocycles. The number of nitrogens with one attached hydrogen (secondary N) is 1. The van der Waals surface area contributed by atoms with E-state index in [0.29, 0.717) is 23.6 Å². The van der Waals surface area contributed by atoms with Gasteiger partial charge in [-0.25, -0.2) is 0 Å². The Kier molecular flexibility index (Phi) is 2.02. The lowest BCUT2D eigenvalue weighted by atomic mass is 10.0. The maximum absolute atomic E-state index is 13.0. The third-order valence-corrected chi connectivity index (χ3v) is 3.64. The first-order valence-electron chi connectivity index (χ1n) is 5.42. The van der Waals surface area contributed by atoms with Crippen LogP contribution in [0.25, 0.3) is 0 Å². The fourth-order valence-corrected chi connectivity index (χ4v) is 2.97. The van der Waals surface area contributed by atoms with Gasteiger partial charge in [0.1, 0.15) is 12.6 Å². The average Bonchev–Trinajstić information content (AvgIpc) is 2.65. The molecule has 0 aromatic carbocycles. The van der Waals surface area contributed by atoms with Crippen LogP contribution < -0.4 is 5.43 Å². The number of nitrogens with zero attached hydrogens (tertiary/aromatic N) is 1. The van der Waals surface area contributed by atoms with Crippen molar-refractivity contribution in [3.05, 3.63) is 11.3 Å². The van der Waals surface area contributed by atoms with E-state index in [1.165, 1.54) is 0 Å². The van der Waals surface area contributed by atoms with Crippen LogP contribution in [0.2, 0.25) is 0 Å². The zero-order valence-corrected chi connectivity index (χ0v) is 8.79. The molecular weight excluding hydrogens is 237 g/mol. The lowest BCUT2D eigenvalue weighted by Crippen LogP contribution is -2.50. The zero-order valence-electron chi connectivity index (χ0n) is 8.79. The van der Waals surface area contributed by atoms with Gasteiger partial charge in [0.25, 0.3) is 0 Å². The van der Waals surface area contributed by atoms with Gasteiger partial charge in [-0.15, -0.1) is 0 Å². The number of hydrazine groups is 1. The number of carboxylic acid groups (broad SMARTS) is 1. The fraction of sp³-hybridized carbons (Fsp3) is 0.700. The number of alkyl halides is 3. The maximum Gasteiger partial charge on any atom is 0.409 e. The summed E-state index contributed by atoms with van der Waals surface area (Å²) in [6.45, 7) is -0.644. The van der Waals surface area contributed by atoms with Crippen molar-refractivity contribution in [3.8, 4) is 0 Å². The molecule has 0 radical (unpaired) electrons. The Labute approximate surface area is 95.0 Å². The van der Waals surface area contributed by atoms with Gasteiger partial charge in [-0.2, -0.15) is 18.2 Å². The largest absolute Gasteiger partial charge is 0.480 e. The number of aliphatic carboxylic acids is 1. The smallest absolute Gasteiger partial charge is 0.409 e. The number of carboxylic acids is 1. The summed E-state index contributed by atoms with van der Waals surface area (Å²) in [5.41, 5.74) is 3.58. The molecule has 1 saturated carbocycles. The van der Waals surface area contributed by atoms with E-state index in [0.717, 1.165) is 11.4 Å². The second kappa shape index (κ2) is 3.16. The van der Waals surface area contributed by atoms with E-state index in [2.05, 4.69) is 5.43 Å².